The zero-order valence-corrected chi connectivity index (χ0v) is 12.5. The summed E-state index contributed by atoms with van der Waals surface area (Å²) in [5.41, 5.74) is 0.912. The van der Waals surface area contributed by atoms with Gasteiger partial charge in [0.05, 0.1) is 27.4 Å². The van der Waals surface area contributed by atoms with Crippen LogP contribution in [0.1, 0.15) is 17.9 Å². The highest BCUT2D eigenvalue weighted by Gasteiger charge is 2.32. The number of hydrogen-bond acceptors (Lipinski definition) is 5. The highest BCUT2D eigenvalue weighted by atomic mass is 16.5. The van der Waals surface area contributed by atoms with E-state index in [1.165, 1.54) is 0 Å². The van der Waals surface area contributed by atoms with E-state index >= 15 is 0 Å². The maximum Gasteiger partial charge on any atom is 0.129 e. The van der Waals surface area contributed by atoms with Crippen LogP contribution in [0.15, 0.2) is 12.1 Å². The number of aliphatic hydroxyl groups excluding tert-OH is 1. The smallest absolute Gasteiger partial charge is 0.129 e. The minimum absolute atomic E-state index is 0.0236. The number of methoxy groups -OCH3 is 3. The van der Waals surface area contributed by atoms with Gasteiger partial charge in [-0.2, -0.15) is 0 Å². The normalized spacial score (nSPS) is 23.4. The Morgan fingerprint density at radius 1 is 1.10 bits per heavy atom. The molecule has 0 saturated carbocycles. The maximum absolute atomic E-state index is 10.3. The van der Waals surface area contributed by atoms with Crippen molar-refractivity contribution in [3.8, 4) is 17.2 Å². The second kappa shape index (κ2) is 6.33. The third-order valence-electron chi connectivity index (χ3n) is 3.90. The number of nitrogens with zero attached hydrogens (tertiary/aromatic N) is 1. The molecule has 5 heteroatoms. The summed E-state index contributed by atoms with van der Waals surface area (Å²) in [5.74, 6) is 2.05. The molecule has 1 fully saturated rings. The number of ether oxygens (including phenoxy) is 3. The van der Waals surface area contributed by atoms with Crippen molar-refractivity contribution in [2.75, 3.05) is 41.5 Å². The largest absolute Gasteiger partial charge is 0.496 e. The van der Waals surface area contributed by atoms with E-state index in [0.29, 0.717) is 17.2 Å². The summed E-state index contributed by atoms with van der Waals surface area (Å²) in [6, 6.07) is 3.67. The van der Waals surface area contributed by atoms with Gasteiger partial charge in [-0.15, -0.1) is 0 Å². The molecule has 0 radical (unpaired) electrons. The number of aliphatic hydroxyl groups is 1. The van der Waals surface area contributed by atoms with Crippen LogP contribution in [0.25, 0.3) is 0 Å². The first kappa shape index (κ1) is 14.9. The van der Waals surface area contributed by atoms with Crippen LogP contribution in [-0.2, 0) is 0 Å². The summed E-state index contributed by atoms with van der Waals surface area (Å²) in [5, 5.41) is 10.3. The van der Waals surface area contributed by atoms with Gasteiger partial charge in [-0.25, -0.2) is 0 Å². The Morgan fingerprint density at radius 2 is 1.70 bits per heavy atom. The van der Waals surface area contributed by atoms with Crippen LogP contribution in [0.2, 0.25) is 0 Å². The van der Waals surface area contributed by atoms with E-state index in [9.17, 15) is 5.11 Å². The van der Waals surface area contributed by atoms with Gasteiger partial charge in [0.2, 0.25) is 0 Å². The van der Waals surface area contributed by atoms with Crippen LogP contribution in [0, 0.1) is 0 Å². The molecule has 2 rings (SSSR count). The lowest BCUT2D eigenvalue weighted by Crippen LogP contribution is -2.39. The van der Waals surface area contributed by atoms with Crippen LogP contribution in [0.5, 0.6) is 17.2 Å². The van der Waals surface area contributed by atoms with E-state index in [1.54, 1.807) is 21.3 Å². The molecular formula is C15H23NO4. The molecule has 20 heavy (non-hydrogen) atoms. The van der Waals surface area contributed by atoms with Crippen molar-refractivity contribution in [2.45, 2.75) is 18.4 Å². The van der Waals surface area contributed by atoms with Crippen molar-refractivity contribution in [2.24, 2.45) is 0 Å². The van der Waals surface area contributed by atoms with Gasteiger partial charge >= 0.3 is 0 Å². The number of hydrogen-bond donors (Lipinski definition) is 1. The van der Waals surface area contributed by atoms with Crippen molar-refractivity contribution in [3.05, 3.63) is 17.7 Å². The zero-order valence-electron chi connectivity index (χ0n) is 12.5. The van der Waals surface area contributed by atoms with Crippen LogP contribution >= 0.6 is 0 Å². The number of piperidine rings is 1. The van der Waals surface area contributed by atoms with Crippen LogP contribution in [0.3, 0.4) is 0 Å². The Bertz CT molecular complexity index is 438. The Hall–Kier alpha value is -1.46. The monoisotopic (exact) mass is 281 g/mol. The molecular weight excluding hydrogens is 258 g/mol. The minimum atomic E-state index is -0.387. The summed E-state index contributed by atoms with van der Waals surface area (Å²) >= 11 is 0. The molecule has 0 aliphatic carbocycles. The Balaban J connectivity index is 2.47. The fourth-order valence-electron chi connectivity index (χ4n) is 2.78. The minimum Gasteiger partial charge on any atom is -0.496 e. The second-order valence-electron chi connectivity index (χ2n) is 5.17. The second-order valence-corrected chi connectivity index (χ2v) is 5.17. The molecule has 1 aromatic rings. The molecule has 2 atom stereocenters. The summed E-state index contributed by atoms with van der Waals surface area (Å²) in [7, 11) is 6.91. The lowest BCUT2D eigenvalue weighted by molar-refractivity contribution is 0.0688. The molecule has 0 unspecified atom stereocenters. The molecule has 1 aliphatic heterocycles. The molecule has 112 valence electrons. The van der Waals surface area contributed by atoms with E-state index in [1.807, 2.05) is 12.1 Å². The number of likely N-dealkylation sites (tertiary alicyclic amines) is 1. The Labute approximate surface area is 120 Å². The first-order valence-electron chi connectivity index (χ1n) is 6.77. The fourth-order valence-corrected chi connectivity index (χ4v) is 2.78. The quantitative estimate of drug-likeness (QED) is 0.906. The van der Waals surface area contributed by atoms with Crippen LogP contribution in [-0.4, -0.2) is 57.6 Å². The first-order chi connectivity index (χ1) is 9.60. The van der Waals surface area contributed by atoms with Crippen molar-refractivity contribution < 1.29 is 19.3 Å². The molecule has 0 spiro atoms. The molecule has 5 nitrogen and oxygen atoms in total. The topological polar surface area (TPSA) is 51.2 Å². The molecule has 0 amide bonds. The SMILES string of the molecule is COc1cc(OC)c([C@@H]2CN(C)CC[C@@H]2O)c(OC)c1. The predicted octanol–water partition coefficient (Wildman–Crippen LogP) is 1.49. The first-order valence-corrected chi connectivity index (χ1v) is 6.77. The predicted molar refractivity (Wildman–Crippen MR) is 77.0 cm³/mol. The molecule has 0 bridgehead atoms. The highest BCUT2D eigenvalue weighted by molar-refractivity contribution is 5.53. The van der Waals surface area contributed by atoms with Gasteiger partial charge in [0, 0.05) is 36.7 Å². The highest BCUT2D eigenvalue weighted by Crippen LogP contribution is 2.42. The lowest BCUT2D eigenvalue weighted by atomic mass is 9.87. The fraction of sp³-hybridized carbons (Fsp3) is 0.600. The van der Waals surface area contributed by atoms with E-state index in [4.69, 9.17) is 14.2 Å². The van der Waals surface area contributed by atoms with Gasteiger partial charge in [0.25, 0.3) is 0 Å². The molecule has 1 saturated heterocycles. The third-order valence-corrected chi connectivity index (χ3v) is 3.90. The van der Waals surface area contributed by atoms with E-state index in [2.05, 4.69) is 11.9 Å². The molecule has 0 aromatic heterocycles. The van der Waals surface area contributed by atoms with Crippen molar-refractivity contribution in [1.29, 1.82) is 0 Å². The van der Waals surface area contributed by atoms with Gasteiger partial charge in [-0.3, -0.25) is 0 Å². The Kier molecular flexibility index (Phi) is 4.73. The maximum atomic E-state index is 10.3. The number of benzene rings is 1. The average Bonchev–Trinajstić information content (AvgIpc) is 2.48. The van der Waals surface area contributed by atoms with E-state index in [0.717, 1.165) is 25.1 Å². The standard InChI is InChI=1S/C15H23NO4/c1-16-6-5-12(17)11(9-16)15-13(19-3)7-10(18-2)8-14(15)20-4/h7-8,11-12,17H,5-6,9H2,1-4H3/t11-,12+/m1/s1. The lowest BCUT2D eigenvalue weighted by Gasteiger charge is -2.35. The van der Waals surface area contributed by atoms with Gasteiger partial charge in [0.1, 0.15) is 17.2 Å². The zero-order chi connectivity index (χ0) is 14.7. The molecule has 1 N–H and O–H groups in total. The summed E-state index contributed by atoms with van der Waals surface area (Å²) in [6.07, 6.45) is 0.363. The van der Waals surface area contributed by atoms with Crippen molar-refractivity contribution in [1.82, 2.24) is 4.90 Å². The number of likely N-dealkylation sites (N-methyl/N-ethyl adjacent to an activating group) is 1. The van der Waals surface area contributed by atoms with Gasteiger partial charge in [-0.05, 0) is 13.5 Å². The summed E-state index contributed by atoms with van der Waals surface area (Å²) < 4.78 is 16.2. The van der Waals surface area contributed by atoms with Crippen LogP contribution < -0.4 is 14.2 Å². The molecule has 1 aliphatic rings. The van der Waals surface area contributed by atoms with Crippen molar-refractivity contribution in [3.63, 3.8) is 0 Å². The van der Waals surface area contributed by atoms with Gasteiger partial charge in [0.15, 0.2) is 0 Å². The average molecular weight is 281 g/mol. The van der Waals surface area contributed by atoms with Crippen molar-refractivity contribution >= 4 is 0 Å². The van der Waals surface area contributed by atoms with Crippen LogP contribution in [0.4, 0.5) is 0 Å². The summed E-state index contributed by atoms with van der Waals surface area (Å²) in [4.78, 5) is 2.21. The number of rotatable bonds is 4. The van der Waals surface area contributed by atoms with Gasteiger partial charge < -0.3 is 24.2 Å². The summed E-state index contributed by atoms with van der Waals surface area (Å²) in [6.45, 7) is 1.68. The van der Waals surface area contributed by atoms with Gasteiger partial charge in [-0.1, -0.05) is 0 Å². The Morgan fingerprint density at radius 3 is 2.20 bits per heavy atom. The third kappa shape index (κ3) is 2.83. The molecule has 1 heterocycles. The molecule has 1 aromatic carbocycles. The van der Waals surface area contributed by atoms with E-state index < -0.39 is 0 Å². The van der Waals surface area contributed by atoms with E-state index in [-0.39, 0.29) is 12.0 Å².